The van der Waals surface area contributed by atoms with Crippen molar-refractivity contribution in [1.29, 1.82) is 0 Å². The summed E-state index contributed by atoms with van der Waals surface area (Å²) in [5.41, 5.74) is 4.24. The molecule has 0 radical (unpaired) electrons. The molecule has 0 unspecified atom stereocenters. The monoisotopic (exact) mass is 430 g/mol. The zero-order chi connectivity index (χ0) is 23.0. The summed E-state index contributed by atoms with van der Waals surface area (Å²) < 4.78 is 1.51. The minimum Gasteiger partial charge on any atom is -0.478 e. The summed E-state index contributed by atoms with van der Waals surface area (Å²) in [5.74, 6) is -2.12. The van der Waals surface area contributed by atoms with Crippen LogP contribution in [0.1, 0.15) is 56.4 Å². The molecule has 4 rings (SSSR count). The zero-order valence-electron chi connectivity index (χ0n) is 17.6. The Morgan fingerprint density at radius 3 is 2.28 bits per heavy atom. The van der Waals surface area contributed by atoms with Gasteiger partial charge in [0.25, 0.3) is 0 Å². The topological polar surface area (TPSA) is 112 Å². The third-order valence-electron chi connectivity index (χ3n) is 5.58. The summed E-state index contributed by atoms with van der Waals surface area (Å²) in [6.07, 6.45) is -0.644. The largest absolute Gasteiger partial charge is 0.478 e. The number of carboxylic acid groups (broad SMARTS) is 2. The van der Waals surface area contributed by atoms with Crippen molar-refractivity contribution in [2.24, 2.45) is 0 Å². The molecule has 1 atom stereocenters. The van der Waals surface area contributed by atoms with E-state index in [1.165, 1.54) is 4.40 Å². The highest BCUT2D eigenvalue weighted by atomic mass is 16.4. The fourth-order valence-corrected chi connectivity index (χ4v) is 3.96. The van der Waals surface area contributed by atoms with Crippen molar-refractivity contribution in [2.75, 3.05) is 0 Å². The third kappa shape index (κ3) is 3.52. The molecule has 7 nitrogen and oxygen atoms in total. The Morgan fingerprint density at radius 1 is 0.969 bits per heavy atom. The molecule has 3 N–H and O–H groups in total. The van der Waals surface area contributed by atoms with Gasteiger partial charge in [-0.25, -0.2) is 14.6 Å². The van der Waals surface area contributed by atoms with Crippen molar-refractivity contribution < 1.29 is 24.9 Å². The second-order valence-corrected chi connectivity index (χ2v) is 7.54. The number of carbonyl (C=O) groups is 2. The first-order valence-electron chi connectivity index (χ1n) is 10.2. The van der Waals surface area contributed by atoms with Crippen LogP contribution in [-0.4, -0.2) is 36.6 Å². The number of aliphatic hydroxyl groups excluding tert-OH is 1. The van der Waals surface area contributed by atoms with Crippen LogP contribution in [0.2, 0.25) is 0 Å². The van der Waals surface area contributed by atoms with E-state index in [4.69, 9.17) is 0 Å². The first-order valence-corrected chi connectivity index (χ1v) is 10.2. The van der Waals surface area contributed by atoms with Gasteiger partial charge in [-0.1, -0.05) is 55.5 Å². The maximum atomic E-state index is 12.0. The van der Waals surface area contributed by atoms with Gasteiger partial charge in [0.15, 0.2) is 5.69 Å². The summed E-state index contributed by atoms with van der Waals surface area (Å²) >= 11 is 0. The van der Waals surface area contributed by atoms with Crippen molar-refractivity contribution in [2.45, 2.75) is 26.4 Å². The van der Waals surface area contributed by atoms with Crippen LogP contribution < -0.4 is 0 Å². The van der Waals surface area contributed by atoms with Crippen LogP contribution in [0.25, 0.3) is 16.8 Å². The number of aryl methyl sites for hydroxylation is 2. The van der Waals surface area contributed by atoms with E-state index in [1.807, 2.05) is 19.9 Å². The van der Waals surface area contributed by atoms with Crippen molar-refractivity contribution in [3.05, 3.63) is 94.4 Å². The van der Waals surface area contributed by atoms with Crippen molar-refractivity contribution >= 4 is 17.6 Å². The van der Waals surface area contributed by atoms with Gasteiger partial charge in [-0.15, -0.1) is 0 Å². The highest BCUT2D eigenvalue weighted by Gasteiger charge is 2.24. The second-order valence-electron chi connectivity index (χ2n) is 7.54. The average Bonchev–Trinajstić information content (AvgIpc) is 3.20. The molecule has 32 heavy (non-hydrogen) atoms. The molecule has 0 fully saturated rings. The van der Waals surface area contributed by atoms with Crippen LogP contribution in [0.15, 0.2) is 60.7 Å². The molecule has 0 bridgehead atoms. The fraction of sp³-hybridized carbons (Fsp3) is 0.160. The lowest BCUT2D eigenvalue weighted by Crippen LogP contribution is -2.12. The van der Waals surface area contributed by atoms with Crippen molar-refractivity contribution in [3.63, 3.8) is 0 Å². The van der Waals surface area contributed by atoms with Gasteiger partial charge in [0, 0.05) is 0 Å². The number of rotatable bonds is 6. The number of imidazole rings is 1. The first-order chi connectivity index (χ1) is 15.3. The molecule has 0 saturated carbocycles. The van der Waals surface area contributed by atoms with Crippen LogP contribution in [0, 0.1) is 6.92 Å². The molecule has 4 aromatic rings. The summed E-state index contributed by atoms with van der Waals surface area (Å²) in [5, 5.41) is 30.4. The van der Waals surface area contributed by atoms with Gasteiger partial charge in [0.2, 0.25) is 0 Å². The number of hydrogen-bond acceptors (Lipinski definition) is 4. The maximum Gasteiger partial charge on any atom is 0.354 e. The molecule has 0 aliphatic rings. The predicted molar refractivity (Wildman–Crippen MR) is 119 cm³/mol. The number of aliphatic hydroxyl groups is 1. The van der Waals surface area contributed by atoms with E-state index in [9.17, 15) is 24.9 Å². The van der Waals surface area contributed by atoms with E-state index in [0.29, 0.717) is 40.1 Å². The number of aromatic nitrogens is 2. The molecule has 0 amide bonds. The van der Waals surface area contributed by atoms with Gasteiger partial charge < -0.3 is 15.3 Å². The Labute approximate surface area is 184 Å². The Bertz CT molecular complexity index is 1340. The molecular formula is C25H22N2O5. The number of pyridine rings is 1. The van der Waals surface area contributed by atoms with Crippen molar-refractivity contribution in [1.82, 2.24) is 9.38 Å². The Morgan fingerprint density at radius 2 is 1.66 bits per heavy atom. The van der Waals surface area contributed by atoms with Gasteiger partial charge in [0.05, 0.1) is 17.0 Å². The van der Waals surface area contributed by atoms with Gasteiger partial charge in [0.1, 0.15) is 11.8 Å². The Balaban J connectivity index is 1.80. The van der Waals surface area contributed by atoms with E-state index in [2.05, 4.69) is 4.98 Å². The van der Waals surface area contributed by atoms with Crippen LogP contribution >= 0.6 is 0 Å². The fourth-order valence-electron chi connectivity index (χ4n) is 3.96. The summed E-state index contributed by atoms with van der Waals surface area (Å²) in [6.45, 7) is 3.69. The van der Waals surface area contributed by atoms with Gasteiger partial charge >= 0.3 is 11.9 Å². The Hall–Kier alpha value is -3.97. The molecule has 2 aromatic heterocycles. The van der Waals surface area contributed by atoms with Crippen molar-refractivity contribution in [3.8, 4) is 11.1 Å². The van der Waals surface area contributed by atoms with Crippen LogP contribution in [0.5, 0.6) is 0 Å². The zero-order valence-corrected chi connectivity index (χ0v) is 17.6. The third-order valence-corrected chi connectivity index (χ3v) is 5.58. The lowest BCUT2D eigenvalue weighted by atomic mass is 9.97. The number of benzene rings is 2. The SMILES string of the molecule is CCc1nc2c(C)ccc([C@H](O)c3ccc(-c4ccccc4C(=O)O)cc3)n2c1C(=O)O. The minimum atomic E-state index is -1.10. The van der Waals surface area contributed by atoms with Gasteiger partial charge in [-0.2, -0.15) is 0 Å². The number of carboxylic acids is 2. The molecule has 162 valence electrons. The highest BCUT2D eigenvalue weighted by molar-refractivity contribution is 5.96. The lowest BCUT2D eigenvalue weighted by molar-refractivity contribution is 0.0680. The standard InChI is InChI=1S/C25H22N2O5/c1-3-19-21(25(31)32)27-20(13-8-14(2)23(27)26-19)22(28)16-11-9-15(10-12-16)17-6-4-5-7-18(17)24(29)30/h4-13,22,28H,3H2,1-2H3,(H,29,30)(H,31,32)/t22-/m1/s1. The number of nitrogens with zero attached hydrogens (tertiary/aromatic N) is 2. The highest BCUT2D eigenvalue weighted by Crippen LogP contribution is 2.30. The Kier molecular flexibility index (Phi) is 5.50. The molecule has 0 aliphatic heterocycles. The lowest BCUT2D eigenvalue weighted by Gasteiger charge is -2.16. The molecule has 0 aliphatic carbocycles. The van der Waals surface area contributed by atoms with Crippen LogP contribution in [-0.2, 0) is 6.42 Å². The molecule has 7 heteroatoms. The smallest absolute Gasteiger partial charge is 0.354 e. The molecule has 0 saturated heterocycles. The first kappa shape index (κ1) is 21.3. The minimum absolute atomic E-state index is 0.0484. The summed E-state index contributed by atoms with van der Waals surface area (Å²) in [4.78, 5) is 28.0. The second kappa shape index (κ2) is 8.28. The number of fused-ring (bicyclic) bond motifs is 1. The maximum absolute atomic E-state index is 12.0. The van der Waals surface area contributed by atoms with E-state index < -0.39 is 18.0 Å². The van der Waals surface area contributed by atoms with Gasteiger partial charge in [-0.3, -0.25) is 4.40 Å². The van der Waals surface area contributed by atoms with Crippen LogP contribution in [0.4, 0.5) is 0 Å². The van der Waals surface area contributed by atoms with E-state index in [-0.39, 0.29) is 11.3 Å². The molecular weight excluding hydrogens is 408 g/mol. The summed E-state index contributed by atoms with van der Waals surface area (Å²) in [6, 6.07) is 17.1. The van der Waals surface area contributed by atoms with Gasteiger partial charge in [-0.05, 0) is 47.7 Å². The normalized spacial score (nSPS) is 12.1. The van der Waals surface area contributed by atoms with E-state index >= 15 is 0 Å². The van der Waals surface area contributed by atoms with E-state index in [1.54, 1.807) is 54.6 Å². The number of aromatic carboxylic acids is 2. The quantitative estimate of drug-likeness (QED) is 0.419. The molecule has 2 aromatic carbocycles. The summed E-state index contributed by atoms with van der Waals surface area (Å²) in [7, 11) is 0. The van der Waals surface area contributed by atoms with Crippen LogP contribution in [0.3, 0.4) is 0 Å². The molecule has 2 heterocycles. The number of hydrogen-bond donors (Lipinski definition) is 3. The predicted octanol–water partition coefficient (Wildman–Crippen LogP) is 4.35. The molecule has 0 spiro atoms. The van der Waals surface area contributed by atoms with E-state index in [0.717, 1.165) is 5.56 Å². The average molecular weight is 430 g/mol.